The van der Waals surface area contributed by atoms with Gasteiger partial charge in [-0.2, -0.15) is 10.1 Å². The predicted molar refractivity (Wildman–Crippen MR) is 103 cm³/mol. The lowest BCUT2D eigenvalue weighted by Crippen LogP contribution is -2.28. The third-order valence-electron chi connectivity index (χ3n) is 6.11. The van der Waals surface area contributed by atoms with Crippen LogP contribution in [0.3, 0.4) is 0 Å². The smallest absolute Gasteiger partial charge is 0.335 e. The number of aryl methyl sites for hydroxylation is 1. The molecule has 2 amide bonds. The maximum absolute atomic E-state index is 12.6. The summed E-state index contributed by atoms with van der Waals surface area (Å²) in [5.41, 5.74) is 1.74. The highest BCUT2D eigenvalue weighted by molar-refractivity contribution is 6.06. The van der Waals surface area contributed by atoms with Crippen molar-refractivity contribution in [3.8, 4) is 11.3 Å². The molecule has 5 rings (SSSR count). The zero-order chi connectivity index (χ0) is 20.3. The van der Waals surface area contributed by atoms with Crippen LogP contribution in [0.1, 0.15) is 28.1 Å². The van der Waals surface area contributed by atoms with Crippen molar-refractivity contribution in [1.29, 1.82) is 0 Å². The van der Waals surface area contributed by atoms with Crippen LogP contribution in [0, 0.1) is 30.6 Å². The third-order valence-corrected chi connectivity index (χ3v) is 6.11. The van der Waals surface area contributed by atoms with Crippen molar-refractivity contribution in [2.24, 2.45) is 28.8 Å². The fourth-order valence-corrected chi connectivity index (χ4v) is 4.76. The zero-order valence-electron chi connectivity index (χ0n) is 15.6. The SMILES string of the molecule is Cc1cc(C(=O)O)ccc1-c1ccc(C=NN2C(=O)C3C4C=CC(C4)C3C2=O)o1. The Morgan fingerprint density at radius 1 is 1.14 bits per heavy atom. The molecule has 1 aromatic heterocycles. The zero-order valence-corrected chi connectivity index (χ0v) is 15.6. The van der Waals surface area contributed by atoms with Gasteiger partial charge in [-0.1, -0.05) is 18.2 Å². The second-order valence-electron chi connectivity index (χ2n) is 7.77. The number of imide groups is 1. The van der Waals surface area contributed by atoms with Gasteiger partial charge in [-0.15, -0.1) is 0 Å². The number of carboxylic acids is 1. The summed E-state index contributed by atoms with van der Waals surface area (Å²) < 4.78 is 5.77. The average Bonchev–Trinajstić information content (AvgIpc) is 3.46. The van der Waals surface area contributed by atoms with Crippen molar-refractivity contribution in [2.75, 3.05) is 0 Å². The molecule has 7 nitrogen and oxygen atoms in total. The number of carboxylic acid groups (broad SMARTS) is 1. The third kappa shape index (κ3) is 2.65. The van der Waals surface area contributed by atoms with Crippen LogP contribution in [-0.2, 0) is 9.59 Å². The molecule has 2 bridgehead atoms. The molecule has 29 heavy (non-hydrogen) atoms. The van der Waals surface area contributed by atoms with Gasteiger partial charge in [0.15, 0.2) is 0 Å². The summed E-state index contributed by atoms with van der Waals surface area (Å²) >= 11 is 0. The van der Waals surface area contributed by atoms with Gasteiger partial charge in [-0.25, -0.2) is 4.79 Å². The maximum Gasteiger partial charge on any atom is 0.335 e. The Morgan fingerprint density at radius 3 is 2.45 bits per heavy atom. The molecule has 2 fully saturated rings. The van der Waals surface area contributed by atoms with Crippen LogP contribution in [-0.4, -0.2) is 34.1 Å². The number of rotatable bonds is 4. The number of nitrogens with zero attached hydrogens (tertiary/aromatic N) is 2. The highest BCUT2D eigenvalue weighted by Gasteiger charge is 2.59. The van der Waals surface area contributed by atoms with E-state index in [9.17, 15) is 14.4 Å². The molecular formula is C22H18N2O5. The van der Waals surface area contributed by atoms with Gasteiger partial charge in [0.25, 0.3) is 11.8 Å². The Hall–Kier alpha value is -3.48. The van der Waals surface area contributed by atoms with Gasteiger partial charge in [0, 0.05) is 5.56 Å². The molecular weight excluding hydrogens is 372 g/mol. The summed E-state index contributed by atoms with van der Waals surface area (Å²) in [6, 6.07) is 8.23. The number of amides is 2. The van der Waals surface area contributed by atoms with E-state index in [1.54, 1.807) is 31.2 Å². The fourth-order valence-electron chi connectivity index (χ4n) is 4.76. The Kier molecular flexibility index (Phi) is 3.81. The molecule has 1 saturated heterocycles. The monoisotopic (exact) mass is 390 g/mol. The van der Waals surface area contributed by atoms with Gasteiger partial charge in [-0.05, 0) is 55.0 Å². The minimum Gasteiger partial charge on any atom is -0.478 e. The molecule has 0 radical (unpaired) electrons. The molecule has 1 aromatic carbocycles. The van der Waals surface area contributed by atoms with Crippen LogP contribution >= 0.6 is 0 Å². The molecule has 1 aliphatic heterocycles. The molecule has 2 aromatic rings. The summed E-state index contributed by atoms with van der Waals surface area (Å²) in [5, 5.41) is 14.2. The molecule has 2 heterocycles. The molecule has 0 spiro atoms. The number of fused-ring (bicyclic) bond motifs is 5. The Bertz CT molecular complexity index is 1080. The van der Waals surface area contributed by atoms with Crippen LogP contribution in [0.2, 0.25) is 0 Å². The summed E-state index contributed by atoms with van der Waals surface area (Å²) in [6.45, 7) is 1.81. The quantitative estimate of drug-likeness (QED) is 0.491. The number of benzene rings is 1. The van der Waals surface area contributed by atoms with Crippen molar-refractivity contribution in [1.82, 2.24) is 5.01 Å². The van der Waals surface area contributed by atoms with Crippen LogP contribution in [0.15, 0.2) is 52.0 Å². The lowest BCUT2D eigenvalue weighted by molar-refractivity contribution is -0.140. The van der Waals surface area contributed by atoms with E-state index in [2.05, 4.69) is 5.10 Å². The molecule has 3 aliphatic rings. The van der Waals surface area contributed by atoms with Gasteiger partial charge in [0.1, 0.15) is 11.5 Å². The topological polar surface area (TPSA) is 100 Å². The van der Waals surface area contributed by atoms with Gasteiger partial charge in [0.05, 0.1) is 23.6 Å². The molecule has 1 N–H and O–H groups in total. The van der Waals surface area contributed by atoms with Crippen molar-refractivity contribution in [2.45, 2.75) is 13.3 Å². The fraction of sp³-hybridized carbons (Fsp3) is 0.273. The van der Waals surface area contributed by atoms with E-state index < -0.39 is 5.97 Å². The normalized spacial score (nSPS) is 27.4. The summed E-state index contributed by atoms with van der Waals surface area (Å²) in [7, 11) is 0. The molecule has 4 unspecified atom stereocenters. The summed E-state index contributed by atoms with van der Waals surface area (Å²) in [4.78, 5) is 36.4. The number of carbonyl (C=O) groups excluding carboxylic acids is 2. The van der Waals surface area contributed by atoms with Crippen molar-refractivity contribution < 1.29 is 23.9 Å². The van der Waals surface area contributed by atoms with E-state index in [1.165, 1.54) is 12.3 Å². The molecule has 4 atom stereocenters. The van der Waals surface area contributed by atoms with E-state index in [0.29, 0.717) is 11.5 Å². The number of allylic oxidation sites excluding steroid dienone is 2. The number of aromatic carboxylic acids is 1. The lowest BCUT2D eigenvalue weighted by Gasteiger charge is -2.13. The largest absolute Gasteiger partial charge is 0.478 e. The number of furan rings is 1. The molecule has 146 valence electrons. The highest BCUT2D eigenvalue weighted by atomic mass is 16.4. The van der Waals surface area contributed by atoms with Crippen LogP contribution in [0.4, 0.5) is 0 Å². The van der Waals surface area contributed by atoms with Crippen molar-refractivity contribution >= 4 is 24.0 Å². The molecule has 7 heteroatoms. The van der Waals surface area contributed by atoms with Crippen LogP contribution in [0.25, 0.3) is 11.3 Å². The highest BCUT2D eigenvalue weighted by Crippen LogP contribution is 2.52. The first-order valence-corrected chi connectivity index (χ1v) is 9.48. The Balaban J connectivity index is 1.36. The van der Waals surface area contributed by atoms with E-state index >= 15 is 0 Å². The molecule has 2 aliphatic carbocycles. The number of hydrogen-bond acceptors (Lipinski definition) is 5. The first-order valence-electron chi connectivity index (χ1n) is 9.48. The van der Waals surface area contributed by atoms with Gasteiger partial charge in [-0.3, -0.25) is 9.59 Å². The van der Waals surface area contributed by atoms with E-state index in [4.69, 9.17) is 9.52 Å². The first-order chi connectivity index (χ1) is 13.9. The van der Waals surface area contributed by atoms with Gasteiger partial charge in [0.2, 0.25) is 0 Å². The average molecular weight is 390 g/mol. The number of hydrazone groups is 1. The minimum atomic E-state index is -0.986. The first kappa shape index (κ1) is 17.6. The standard InChI is InChI=1S/C22H18N2O5/c1-11-8-14(22(27)28)4-6-16(11)17-7-5-15(29-17)10-23-24-20(25)18-12-2-3-13(9-12)19(18)21(24)26/h2-8,10,12-13,18-19H,9H2,1H3,(H,27,28). The van der Waals surface area contributed by atoms with E-state index in [-0.39, 0.29) is 41.0 Å². The minimum absolute atomic E-state index is 0.147. The summed E-state index contributed by atoms with van der Waals surface area (Å²) in [6.07, 6.45) is 6.34. The van der Waals surface area contributed by atoms with Crippen molar-refractivity contribution in [3.63, 3.8) is 0 Å². The number of hydrogen-bond donors (Lipinski definition) is 1. The predicted octanol–water partition coefficient (Wildman–Crippen LogP) is 3.09. The summed E-state index contributed by atoms with van der Waals surface area (Å²) in [5.74, 6) is -0.767. The second-order valence-corrected chi connectivity index (χ2v) is 7.77. The lowest BCUT2D eigenvalue weighted by atomic mass is 9.85. The second kappa shape index (κ2) is 6.27. The van der Waals surface area contributed by atoms with Crippen LogP contribution in [0.5, 0.6) is 0 Å². The number of carbonyl (C=O) groups is 3. The Labute approximate surface area is 166 Å². The van der Waals surface area contributed by atoms with Crippen molar-refractivity contribution in [3.05, 3.63) is 59.4 Å². The van der Waals surface area contributed by atoms with Gasteiger partial charge < -0.3 is 9.52 Å². The Morgan fingerprint density at radius 2 is 1.83 bits per heavy atom. The maximum atomic E-state index is 12.6. The van der Waals surface area contributed by atoms with E-state index in [0.717, 1.165) is 22.6 Å². The molecule has 1 saturated carbocycles. The van der Waals surface area contributed by atoms with Crippen LogP contribution < -0.4 is 0 Å². The van der Waals surface area contributed by atoms with Gasteiger partial charge >= 0.3 is 5.97 Å². The van der Waals surface area contributed by atoms with E-state index in [1.807, 2.05) is 12.2 Å².